The fourth-order valence-corrected chi connectivity index (χ4v) is 8.50. The van der Waals surface area contributed by atoms with Crippen LogP contribution in [0, 0.1) is 0 Å². The molecule has 1 aromatic heterocycles. The smallest absolute Gasteiger partial charge is 0.0713 e. The van der Waals surface area contributed by atoms with Gasteiger partial charge in [0.05, 0.1) is 16.4 Å². The molecule has 0 radical (unpaired) electrons. The summed E-state index contributed by atoms with van der Waals surface area (Å²) in [5.74, 6) is 0. The van der Waals surface area contributed by atoms with Crippen LogP contribution in [0.3, 0.4) is 0 Å². The van der Waals surface area contributed by atoms with Gasteiger partial charge in [-0.2, -0.15) is 0 Å². The molecule has 0 aliphatic heterocycles. The lowest BCUT2D eigenvalue weighted by molar-refractivity contribution is 0.768. The van der Waals surface area contributed by atoms with Crippen molar-refractivity contribution in [3.8, 4) is 39.1 Å². The Hall–Kier alpha value is -6.44. The van der Waals surface area contributed by atoms with E-state index in [9.17, 15) is 0 Å². The molecule has 0 atom stereocenters. The summed E-state index contributed by atoms with van der Waals surface area (Å²) < 4.78 is 2.38. The molecule has 8 aromatic carbocycles. The number of hydrogen-bond donors (Lipinski definition) is 0. The van der Waals surface area contributed by atoms with Gasteiger partial charge in [-0.25, -0.2) is 0 Å². The van der Waals surface area contributed by atoms with E-state index in [4.69, 9.17) is 0 Å². The molecule has 234 valence electrons. The van der Waals surface area contributed by atoms with Crippen LogP contribution in [-0.2, 0) is 5.41 Å². The van der Waals surface area contributed by atoms with E-state index in [0.29, 0.717) is 0 Å². The SMILES string of the molecule is c1ccc(-c2ccc3c(c2)-c2cc(-c4ccc5c(c4)c4ccccc4n5-c4ccccc4)ccc2C3(c2ccccc2)c2ccccc2)cc1. The molecule has 0 saturated carbocycles. The molecule has 0 N–H and O–H groups in total. The fraction of sp³-hybridized carbons (Fsp3) is 0.0204. The van der Waals surface area contributed by atoms with Crippen LogP contribution in [0.25, 0.3) is 60.9 Å². The van der Waals surface area contributed by atoms with E-state index in [1.807, 2.05) is 0 Å². The molecule has 1 nitrogen and oxygen atoms in total. The number of fused-ring (bicyclic) bond motifs is 6. The molecule has 9 aromatic rings. The minimum absolute atomic E-state index is 0.437. The van der Waals surface area contributed by atoms with Crippen LogP contribution < -0.4 is 0 Å². The highest BCUT2D eigenvalue weighted by molar-refractivity contribution is 6.10. The van der Waals surface area contributed by atoms with E-state index in [0.717, 1.165) is 0 Å². The monoisotopic (exact) mass is 635 g/mol. The second-order valence-electron chi connectivity index (χ2n) is 13.3. The largest absolute Gasteiger partial charge is 0.309 e. The van der Waals surface area contributed by atoms with Crippen molar-refractivity contribution in [2.45, 2.75) is 5.41 Å². The van der Waals surface area contributed by atoms with Crippen molar-refractivity contribution in [2.24, 2.45) is 0 Å². The number of para-hydroxylation sites is 2. The average molecular weight is 636 g/mol. The maximum absolute atomic E-state index is 2.44. The minimum atomic E-state index is -0.437. The second kappa shape index (κ2) is 11.3. The van der Waals surface area contributed by atoms with Gasteiger partial charge in [0.15, 0.2) is 0 Å². The molecule has 1 heteroatoms. The Bertz CT molecular complexity index is 2630. The van der Waals surface area contributed by atoms with Crippen molar-refractivity contribution in [1.82, 2.24) is 4.57 Å². The first-order valence-corrected chi connectivity index (χ1v) is 17.4. The molecule has 0 amide bonds. The first kappa shape index (κ1) is 28.6. The Labute approximate surface area is 292 Å². The zero-order valence-electron chi connectivity index (χ0n) is 27.5. The van der Waals surface area contributed by atoms with Gasteiger partial charge >= 0.3 is 0 Å². The van der Waals surface area contributed by atoms with Crippen molar-refractivity contribution >= 4 is 21.8 Å². The molecule has 0 fully saturated rings. The van der Waals surface area contributed by atoms with Crippen molar-refractivity contribution in [2.75, 3.05) is 0 Å². The van der Waals surface area contributed by atoms with Gasteiger partial charge < -0.3 is 4.57 Å². The third-order valence-electron chi connectivity index (χ3n) is 10.7. The normalized spacial score (nSPS) is 13.0. The van der Waals surface area contributed by atoms with Gasteiger partial charge in [-0.15, -0.1) is 0 Å². The van der Waals surface area contributed by atoms with Gasteiger partial charge in [0.25, 0.3) is 0 Å². The van der Waals surface area contributed by atoms with Crippen molar-refractivity contribution in [3.63, 3.8) is 0 Å². The van der Waals surface area contributed by atoms with Crippen LogP contribution in [0.15, 0.2) is 200 Å². The average Bonchev–Trinajstić information content (AvgIpc) is 3.69. The van der Waals surface area contributed by atoms with E-state index in [1.165, 1.54) is 83.1 Å². The topological polar surface area (TPSA) is 4.93 Å². The van der Waals surface area contributed by atoms with Crippen molar-refractivity contribution in [3.05, 3.63) is 222 Å². The molecular formula is C49H33N. The van der Waals surface area contributed by atoms with Crippen LogP contribution in [0.5, 0.6) is 0 Å². The predicted octanol–water partition coefficient (Wildman–Crippen LogP) is 12.5. The number of benzene rings is 8. The summed E-state index contributed by atoms with van der Waals surface area (Å²) >= 11 is 0. The number of nitrogens with zero attached hydrogens (tertiary/aromatic N) is 1. The lowest BCUT2D eigenvalue weighted by Gasteiger charge is -2.34. The van der Waals surface area contributed by atoms with Crippen LogP contribution >= 0.6 is 0 Å². The van der Waals surface area contributed by atoms with Gasteiger partial charge in [0.2, 0.25) is 0 Å². The molecule has 0 saturated heterocycles. The third kappa shape index (κ3) is 4.20. The first-order chi connectivity index (χ1) is 24.8. The van der Waals surface area contributed by atoms with Gasteiger partial charge in [-0.3, -0.25) is 0 Å². The number of rotatable bonds is 5. The molecule has 1 aliphatic carbocycles. The zero-order valence-corrected chi connectivity index (χ0v) is 27.5. The highest BCUT2D eigenvalue weighted by Crippen LogP contribution is 2.57. The van der Waals surface area contributed by atoms with Crippen LogP contribution in [-0.4, -0.2) is 4.57 Å². The Morgan fingerprint density at radius 2 is 0.780 bits per heavy atom. The maximum Gasteiger partial charge on any atom is 0.0713 e. The Kier molecular flexibility index (Phi) is 6.47. The van der Waals surface area contributed by atoms with E-state index >= 15 is 0 Å². The quantitative estimate of drug-likeness (QED) is 0.177. The molecule has 10 rings (SSSR count). The molecule has 0 spiro atoms. The van der Waals surface area contributed by atoms with E-state index in [-0.39, 0.29) is 0 Å². The molecule has 0 unspecified atom stereocenters. The molecule has 1 heterocycles. The maximum atomic E-state index is 2.44. The summed E-state index contributed by atoms with van der Waals surface area (Å²) in [5.41, 5.74) is 15.8. The van der Waals surface area contributed by atoms with Gasteiger partial charge in [-0.05, 0) is 98.1 Å². The summed E-state index contributed by atoms with van der Waals surface area (Å²) in [6, 6.07) is 73.5. The third-order valence-corrected chi connectivity index (χ3v) is 10.7. The van der Waals surface area contributed by atoms with Crippen LogP contribution in [0.2, 0.25) is 0 Å². The summed E-state index contributed by atoms with van der Waals surface area (Å²) in [7, 11) is 0. The number of hydrogen-bond acceptors (Lipinski definition) is 0. The Balaban J connectivity index is 1.23. The van der Waals surface area contributed by atoms with E-state index in [2.05, 4.69) is 205 Å². The summed E-state index contributed by atoms with van der Waals surface area (Å²) in [5, 5.41) is 2.52. The van der Waals surface area contributed by atoms with Crippen LogP contribution in [0.4, 0.5) is 0 Å². The molecule has 50 heavy (non-hydrogen) atoms. The molecule has 0 bridgehead atoms. The molecule has 1 aliphatic rings. The second-order valence-corrected chi connectivity index (χ2v) is 13.3. The van der Waals surface area contributed by atoms with Crippen LogP contribution in [0.1, 0.15) is 22.3 Å². The predicted molar refractivity (Wildman–Crippen MR) is 209 cm³/mol. The lowest BCUT2D eigenvalue weighted by atomic mass is 9.67. The van der Waals surface area contributed by atoms with Crippen molar-refractivity contribution in [1.29, 1.82) is 0 Å². The lowest BCUT2D eigenvalue weighted by Crippen LogP contribution is -2.28. The van der Waals surface area contributed by atoms with Gasteiger partial charge in [0, 0.05) is 16.5 Å². The summed E-state index contributed by atoms with van der Waals surface area (Å²) in [6.07, 6.45) is 0. The Morgan fingerprint density at radius 3 is 1.40 bits per heavy atom. The van der Waals surface area contributed by atoms with Crippen molar-refractivity contribution < 1.29 is 0 Å². The minimum Gasteiger partial charge on any atom is -0.309 e. The first-order valence-electron chi connectivity index (χ1n) is 17.4. The number of aromatic nitrogens is 1. The highest BCUT2D eigenvalue weighted by atomic mass is 15.0. The van der Waals surface area contributed by atoms with Gasteiger partial charge in [-0.1, -0.05) is 158 Å². The van der Waals surface area contributed by atoms with E-state index in [1.54, 1.807) is 0 Å². The summed E-state index contributed by atoms with van der Waals surface area (Å²) in [4.78, 5) is 0. The van der Waals surface area contributed by atoms with E-state index < -0.39 is 5.41 Å². The standard InChI is InChI=1S/C49H33N/c1-5-15-34(16-6-1)35-25-28-45-42(31-35)43-32-36(26-29-46(43)49(45,38-17-7-2-8-18-38)39-19-9-3-10-20-39)37-27-30-48-44(33-37)41-23-13-14-24-47(41)50(48)40-21-11-4-12-22-40/h1-33H. The fourth-order valence-electron chi connectivity index (χ4n) is 8.50. The Morgan fingerprint density at radius 1 is 0.320 bits per heavy atom. The van der Waals surface area contributed by atoms with Gasteiger partial charge in [0.1, 0.15) is 0 Å². The zero-order chi connectivity index (χ0) is 33.1. The summed E-state index contributed by atoms with van der Waals surface area (Å²) in [6.45, 7) is 0. The highest BCUT2D eigenvalue weighted by Gasteiger charge is 2.46. The molecular weight excluding hydrogens is 603 g/mol.